The second-order valence-corrected chi connectivity index (χ2v) is 3.01. The van der Waals surface area contributed by atoms with Gasteiger partial charge in [-0.05, 0) is 6.42 Å². The van der Waals surface area contributed by atoms with Gasteiger partial charge in [-0.2, -0.15) is 0 Å². The molecule has 1 heterocycles. The first kappa shape index (κ1) is 7.80. The van der Waals surface area contributed by atoms with Gasteiger partial charge in [-0.3, -0.25) is 0 Å². The van der Waals surface area contributed by atoms with Gasteiger partial charge in [0.1, 0.15) is 5.60 Å². The minimum absolute atomic E-state index is 0.106. The van der Waals surface area contributed by atoms with E-state index in [0.29, 0.717) is 0 Å². The molecule has 1 aliphatic rings. The van der Waals surface area contributed by atoms with E-state index in [9.17, 15) is 0 Å². The van der Waals surface area contributed by atoms with E-state index < -0.39 is 0 Å². The van der Waals surface area contributed by atoms with Crippen LogP contribution in [0.2, 0.25) is 0 Å². The standard InChI is InChI=1S/C9H16O/c1-3-5-6-7-9(4-2)8-10-9/h4H,2-3,5-8H2,1H3. The average molecular weight is 140 g/mol. The van der Waals surface area contributed by atoms with E-state index in [1.165, 1.54) is 25.7 Å². The number of unbranched alkanes of at least 4 members (excludes halogenated alkanes) is 2. The zero-order valence-corrected chi connectivity index (χ0v) is 6.73. The monoisotopic (exact) mass is 140 g/mol. The Morgan fingerprint density at radius 1 is 1.60 bits per heavy atom. The molecule has 0 radical (unpaired) electrons. The first-order chi connectivity index (χ1) is 4.83. The number of ether oxygens (including phenoxy) is 1. The predicted molar refractivity (Wildman–Crippen MR) is 43.0 cm³/mol. The molecular formula is C9H16O. The minimum Gasteiger partial charge on any atom is -0.365 e. The van der Waals surface area contributed by atoms with Crippen LogP contribution in [0.3, 0.4) is 0 Å². The van der Waals surface area contributed by atoms with Crippen molar-refractivity contribution in [3.63, 3.8) is 0 Å². The second-order valence-electron chi connectivity index (χ2n) is 3.01. The lowest BCUT2D eigenvalue weighted by atomic mass is 10.0. The van der Waals surface area contributed by atoms with Crippen molar-refractivity contribution in [2.75, 3.05) is 6.61 Å². The van der Waals surface area contributed by atoms with Gasteiger partial charge in [0.05, 0.1) is 6.61 Å². The minimum atomic E-state index is 0.106. The fraction of sp³-hybridized carbons (Fsp3) is 0.778. The molecule has 1 saturated heterocycles. The molecule has 58 valence electrons. The lowest BCUT2D eigenvalue weighted by Crippen LogP contribution is -2.04. The van der Waals surface area contributed by atoms with Crippen LogP contribution in [0.15, 0.2) is 12.7 Å². The Morgan fingerprint density at radius 3 is 2.70 bits per heavy atom. The average Bonchev–Trinajstić information content (AvgIpc) is 2.70. The molecule has 0 aromatic carbocycles. The normalized spacial score (nSPS) is 30.1. The number of epoxide rings is 1. The molecule has 0 aliphatic carbocycles. The van der Waals surface area contributed by atoms with Crippen LogP contribution in [-0.2, 0) is 4.74 Å². The molecule has 0 saturated carbocycles. The maximum absolute atomic E-state index is 5.27. The number of hydrogen-bond donors (Lipinski definition) is 0. The summed E-state index contributed by atoms with van der Waals surface area (Å²) in [5.41, 5.74) is 0.106. The largest absolute Gasteiger partial charge is 0.365 e. The van der Waals surface area contributed by atoms with Crippen LogP contribution < -0.4 is 0 Å². The van der Waals surface area contributed by atoms with Crippen LogP contribution in [-0.4, -0.2) is 12.2 Å². The zero-order chi connectivity index (χ0) is 7.45. The van der Waals surface area contributed by atoms with Crippen LogP contribution in [0.5, 0.6) is 0 Å². The summed E-state index contributed by atoms with van der Waals surface area (Å²) in [6.45, 7) is 6.87. The van der Waals surface area contributed by atoms with Gasteiger partial charge in [-0.25, -0.2) is 0 Å². The smallest absolute Gasteiger partial charge is 0.109 e. The third-order valence-electron chi connectivity index (χ3n) is 2.09. The van der Waals surface area contributed by atoms with E-state index in [4.69, 9.17) is 4.74 Å². The van der Waals surface area contributed by atoms with E-state index in [0.717, 1.165) is 6.61 Å². The Hall–Kier alpha value is -0.300. The molecule has 0 aromatic heterocycles. The molecule has 1 aliphatic heterocycles. The Kier molecular flexibility index (Phi) is 2.50. The van der Waals surface area contributed by atoms with Crippen LogP contribution in [0.1, 0.15) is 32.6 Å². The van der Waals surface area contributed by atoms with E-state index in [2.05, 4.69) is 13.5 Å². The molecule has 1 atom stereocenters. The van der Waals surface area contributed by atoms with Gasteiger partial charge in [0, 0.05) is 0 Å². The van der Waals surface area contributed by atoms with Gasteiger partial charge in [-0.1, -0.05) is 32.3 Å². The highest BCUT2D eigenvalue weighted by molar-refractivity contribution is 5.06. The molecule has 1 heteroatoms. The lowest BCUT2D eigenvalue weighted by Gasteiger charge is -2.03. The molecule has 1 unspecified atom stereocenters. The quantitative estimate of drug-likeness (QED) is 0.325. The van der Waals surface area contributed by atoms with Crippen molar-refractivity contribution in [2.24, 2.45) is 0 Å². The van der Waals surface area contributed by atoms with Crippen molar-refractivity contribution in [3.05, 3.63) is 12.7 Å². The topological polar surface area (TPSA) is 12.5 Å². The van der Waals surface area contributed by atoms with Gasteiger partial charge in [0.15, 0.2) is 0 Å². The highest BCUT2D eigenvalue weighted by atomic mass is 16.6. The lowest BCUT2D eigenvalue weighted by molar-refractivity contribution is 0.330. The summed E-state index contributed by atoms with van der Waals surface area (Å²) in [5.74, 6) is 0. The molecule has 1 nitrogen and oxygen atoms in total. The summed E-state index contributed by atoms with van der Waals surface area (Å²) >= 11 is 0. The second kappa shape index (κ2) is 3.20. The molecule has 1 rings (SSSR count). The maximum Gasteiger partial charge on any atom is 0.109 e. The fourth-order valence-corrected chi connectivity index (χ4v) is 1.13. The van der Waals surface area contributed by atoms with E-state index in [1.807, 2.05) is 6.08 Å². The molecule has 0 spiro atoms. The van der Waals surface area contributed by atoms with Crippen LogP contribution >= 0.6 is 0 Å². The van der Waals surface area contributed by atoms with Gasteiger partial charge in [-0.15, -0.1) is 6.58 Å². The zero-order valence-electron chi connectivity index (χ0n) is 6.73. The van der Waals surface area contributed by atoms with E-state index >= 15 is 0 Å². The number of rotatable bonds is 5. The third-order valence-corrected chi connectivity index (χ3v) is 2.09. The Morgan fingerprint density at radius 2 is 2.30 bits per heavy atom. The molecule has 1 fully saturated rings. The van der Waals surface area contributed by atoms with Crippen LogP contribution in [0, 0.1) is 0 Å². The van der Waals surface area contributed by atoms with Gasteiger partial charge in [0.25, 0.3) is 0 Å². The van der Waals surface area contributed by atoms with E-state index in [-0.39, 0.29) is 5.60 Å². The molecule has 0 amide bonds. The number of hydrogen-bond acceptors (Lipinski definition) is 1. The Balaban J connectivity index is 2.07. The molecule has 0 N–H and O–H groups in total. The maximum atomic E-state index is 5.27. The summed E-state index contributed by atoms with van der Waals surface area (Å²) < 4.78 is 5.27. The fourth-order valence-electron chi connectivity index (χ4n) is 1.13. The molecular weight excluding hydrogens is 124 g/mol. The summed E-state index contributed by atoms with van der Waals surface area (Å²) in [4.78, 5) is 0. The van der Waals surface area contributed by atoms with Gasteiger partial charge < -0.3 is 4.74 Å². The Bertz CT molecular complexity index is 114. The van der Waals surface area contributed by atoms with Crippen molar-refractivity contribution in [3.8, 4) is 0 Å². The third kappa shape index (κ3) is 1.84. The molecule has 10 heavy (non-hydrogen) atoms. The highest BCUT2D eigenvalue weighted by Gasteiger charge is 2.40. The van der Waals surface area contributed by atoms with Crippen molar-refractivity contribution >= 4 is 0 Å². The van der Waals surface area contributed by atoms with Crippen LogP contribution in [0.4, 0.5) is 0 Å². The summed E-state index contributed by atoms with van der Waals surface area (Å²) in [5, 5.41) is 0. The van der Waals surface area contributed by atoms with Crippen molar-refractivity contribution in [2.45, 2.75) is 38.2 Å². The molecule has 0 bridgehead atoms. The summed E-state index contributed by atoms with van der Waals surface area (Å²) in [6.07, 6.45) is 7.00. The first-order valence-electron chi connectivity index (χ1n) is 4.10. The predicted octanol–water partition coefficient (Wildman–Crippen LogP) is 2.52. The van der Waals surface area contributed by atoms with Crippen molar-refractivity contribution in [1.29, 1.82) is 0 Å². The van der Waals surface area contributed by atoms with Crippen molar-refractivity contribution in [1.82, 2.24) is 0 Å². The highest BCUT2D eigenvalue weighted by Crippen LogP contribution is 2.33. The first-order valence-corrected chi connectivity index (χ1v) is 4.10. The Labute approximate surface area is 63.1 Å². The summed E-state index contributed by atoms with van der Waals surface area (Å²) in [6, 6.07) is 0. The van der Waals surface area contributed by atoms with Crippen molar-refractivity contribution < 1.29 is 4.74 Å². The molecule has 0 aromatic rings. The van der Waals surface area contributed by atoms with Gasteiger partial charge >= 0.3 is 0 Å². The van der Waals surface area contributed by atoms with E-state index in [1.54, 1.807) is 0 Å². The summed E-state index contributed by atoms with van der Waals surface area (Å²) in [7, 11) is 0. The van der Waals surface area contributed by atoms with Crippen LogP contribution in [0.25, 0.3) is 0 Å². The van der Waals surface area contributed by atoms with Gasteiger partial charge in [0.2, 0.25) is 0 Å². The SMILES string of the molecule is C=CC1(CCCCC)CO1.